The molecule has 4 atom stereocenters. The van der Waals surface area contributed by atoms with E-state index >= 15 is 0 Å². The molecule has 22 heavy (non-hydrogen) atoms. The second-order valence-electron chi connectivity index (χ2n) is 5.59. The molecule has 0 aromatic heterocycles. The largest absolute Gasteiger partial charge is 0.489 e. The van der Waals surface area contributed by atoms with Gasteiger partial charge in [0.25, 0.3) is 0 Å². The van der Waals surface area contributed by atoms with Crippen molar-refractivity contribution in [2.75, 3.05) is 7.11 Å². The van der Waals surface area contributed by atoms with Gasteiger partial charge in [0.1, 0.15) is 11.9 Å². The number of carbonyl (C=O) groups excluding carboxylic acids is 1. The third-order valence-electron chi connectivity index (χ3n) is 4.42. The van der Waals surface area contributed by atoms with E-state index in [1.807, 2.05) is 18.2 Å². The van der Waals surface area contributed by atoms with Crippen molar-refractivity contribution in [3.05, 3.63) is 39.8 Å². The predicted octanol–water partition coefficient (Wildman–Crippen LogP) is 2.08. The highest BCUT2D eigenvalue weighted by molar-refractivity contribution is 5.69. The van der Waals surface area contributed by atoms with Gasteiger partial charge in [-0.25, -0.2) is 0 Å². The molecule has 0 saturated heterocycles. The van der Waals surface area contributed by atoms with E-state index in [1.165, 1.54) is 7.11 Å². The van der Waals surface area contributed by atoms with E-state index in [-0.39, 0.29) is 24.4 Å². The number of aliphatic hydroxyl groups is 1. The zero-order valence-corrected chi connectivity index (χ0v) is 12.2. The fourth-order valence-electron chi connectivity index (χ4n) is 3.37. The molecule has 0 amide bonds. The summed E-state index contributed by atoms with van der Waals surface area (Å²) in [5.41, 5.74) is 10.4. The topological polar surface area (TPSA) is 105 Å². The molecule has 1 fully saturated rings. The van der Waals surface area contributed by atoms with Crippen molar-refractivity contribution >= 4 is 5.97 Å². The van der Waals surface area contributed by atoms with Gasteiger partial charge < -0.3 is 14.6 Å². The number of methoxy groups -OCH3 is 1. The SMILES string of the molecule is COC(=O)CCc1cccc2c1OC1CC(N=[N+]=[N-])C(O)C21. The molecule has 2 aliphatic rings. The van der Waals surface area contributed by atoms with Gasteiger partial charge in [-0.15, -0.1) is 0 Å². The Labute approximate surface area is 127 Å². The summed E-state index contributed by atoms with van der Waals surface area (Å²) >= 11 is 0. The Balaban J connectivity index is 1.84. The number of fused-ring (bicyclic) bond motifs is 3. The lowest BCUT2D eigenvalue weighted by Gasteiger charge is -2.15. The molecule has 3 rings (SSSR count). The van der Waals surface area contributed by atoms with E-state index in [9.17, 15) is 9.90 Å². The normalized spacial score (nSPS) is 28.3. The number of carbonyl (C=O) groups is 1. The summed E-state index contributed by atoms with van der Waals surface area (Å²) in [7, 11) is 1.37. The zero-order chi connectivity index (χ0) is 15.7. The number of para-hydroxylation sites is 1. The van der Waals surface area contributed by atoms with E-state index in [2.05, 4.69) is 14.8 Å². The van der Waals surface area contributed by atoms with Crippen LogP contribution in [0.15, 0.2) is 23.3 Å². The molecule has 1 heterocycles. The first-order valence-electron chi connectivity index (χ1n) is 7.23. The van der Waals surface area contributed by atoms with Crippen LogP contribution in [0.2, 0.25) is 0 Å². The van der Waals surface area contributed by atoms with Gasteiger partial charge >= 0.3 is 5.97 Å². The van der Waals surface area contributed by atoms with Gasteiger partial charge in [0.05, 0.1) is 25.2 Å². The fraction of sp³-hybridized carbons (Fsp3) is 0.533. The Morgan fingerprint density at radius 2 is 2.41 bits per heavy atom. The van der Waals surface area contributed by atoms with Crippen LogP contribution in [-0.2, 0) is 16.0 Å². The maximum absolute atomic E-state index is 11.3. The standard InChI is InChI=1S/C15H17N3O4/c1-21-12(19)6-5-8-3-2-4-9-13-11(22-15(8)9)7-10(14(13)20)17-18-16/h2-4,10-11,13-14,20H,5-7H2,1H3. The quantitative estimate of drug-likeness (QED) is 0.398. The summed E-state index contributed by atoms with van der Waals surface area (Å²) < 4.78 is 10.6. The Kier molecular flexibility index (Phi) is 3.92. The Hall–Kier alpha value is -2.24. The molecule has 1 aliphatic carbocycles. The Bertz CT molecular complexity index is 642. The maximum Gasteiger partial charge on any atom is 0.305 e. The molecule has 1 N–H and O–H groups in total. The molecule has 7 heteroatoms. The van der Waals surface area contributed by atoms with Gasteiger partial charge in [-0.2, -0.15) is 0 Å². The van der Waals surface area contributed by atoms with Crippen molar-refractivity contribution in [2.24, 2.45) is 5.11 Å². The molecular formula is C15H17N3O4. The molecule has 1 saturated carbocycles. The first-order chi connectivity index (χ1) is 10.7. The monoisotopic (exact) mass is 303 g/mol. The van der Waals surface area contributed by atoms with Crippen molar-refractivity contribution in [3.8, 4) is 5.75 Å². The number of hydrogen-bond donors (Lipinski definition) is 1. The van der Waals surface area contributed by atoms with Crippen LogP contribution < -0.4 is 4.74 Å². The number of rotatable bonds is 4. The number of esters is 1. The van der Waals surface area contributed by atoms with Crippen LogP contribution in [0.4, 0.5) is 0 Å². The van der Waals surface area contributed by atoms with E-state index in [1.54, 1.807) is 0 Å². The van der Waals surface area contributed by atoms with Gasteiger partial charge in [-0.3, -0.25) is 4.79 Å². The highest BCUT2D eigenvalue weighted by Crippen LogP contribution is 2.49. The number of azide groups is 1. The van der Waals surface area contributed by atoms with Crippen LogP contribution in [0.25, 0.3) is 10.4 Å². The average Bonchev–Trinajstić information content (AvgIpc) is 3.03. The molecule has 1 aromatic carbocycles. The number of hydrogen-bond acceptors (Lipinski definition) is 5. The summed E-state index contributed by atoms with van der Waals surface area (Å²) in [6.45, 7) is 0. The fourth-order valence-corrected chi connectivity index (χ4v) is 3.37. The highest BCUT2D eigenvalue weighted by atomic mass is 16.5. The van der Waals surface area contributed by atoms with Crippen molar-refractivity contribution in [2.45, 2.75) is 43.4 Å². The summed E-state index contributed by atoms with van der Waals surface area (Å²) in [6, 6.07) is 5.28. The first-order valence-corrected chi connectivity index (χ1v) is 7.23. The lowest BCUT2D eigenvalue weighted by atomic mass is 9.93. The molecule has 0 radical (unpaired) electrons. The van der Waals surface area contributed by atoms with E-state index in [0.29, 0.717) is 12.8 Å². The van der Waals surface area contributed by atoms with Crippen LogP contribution in [0.5, 0.6) is 5.75 Å². The summed E-state index contributed by atoms with van der Waals surface area (Å²) in [5.74, 6) is 0.308. The van der Waals surface area contributed by atoms with Crippen molar-refractivity contribution in [1.29, 1.82) is 0 Å². The number of benzene rings is 1. The highest BCUT2D eigenvalue weighted by Gasteiger charge is 2.49. The van der Waals surface area contributed by atoms with Gasteiger partial charge in [-0.05, 0) is 23.9 Å². The van der Waals surface area contributed by atoms with Gasteiger partial charge in [-0.1, -0.05) is 23.3 Å². The molecule has 1 aromatic rings. The molecule has 116 valence electrons. The van der Waals surface area contributed by atoms with Crippen LogP contribution in [0.3, 0.4) is 0 Å². The van der Waals surface area contributed by atoms with E-state index in [4.69, 9.17) is 10.3 Å². The Morgan fingerprint density at radius 3 is 3.14 bits per heavy atom. The summed E-state index contributed by atoms with van der Waals surface area (Å²) in [6.07, 6.45) is 0.402. The van der Waals surface area contributed by atoms with E-state index < -0.39 is 12.1 Å². The molecule has 4 unspecified atom stereocenters. The van der Waals surface area contributed by atoms with Gasteiger partial charge in [0.2, 0.25) is 0 Å². The minimum Gasteiger partial charge on any atom is -0.489 e. The van der Waals surface area contributed by atoms with Crippen LogP contribution in [0.1, 0.15) is 29.9 Å². The minimum absolute atomic E-state index is 0.177. The number of aliphatic hydroxyl groups excluding tert-OH is 1. The lowest BCUT2D eigenvalue weighted by Crippen LogP contribution is -2.22. The predicted molar refractivity (Wildman–Crippen MR) is 77.5 cm³/mol. The van der Waals surface area contributed by atoms with Crippen LogP contribution >= 0.6 is 0 Å². The van der Waals surface area contributed by atoms with E-state index in [0.717, 1.165) is 16.9 Å². The van der Waals surface area contributed by atoms with Crippen LogP contribution in [-0.4, -0.2) is 36.4 Å². The zero-order valence-electron chi connectivity index (χ0n) is 12.2. The average molecular weight is 303 g/mol. The first kappa shape index (κ1) is 14.7. The summed E-state index contributed by atoms with van der Waals surface area (Å²) in [5, 5.41) is 14.0. The second kappa shape index (κ2) is 5.87. The molecule has 0 spiro atoms. The van der Waals surface area contributed by atoms with Gasteiger partial charge in [0, 0.05) is 16.9 Å². The second-order valence-corrected chi connectivity index (χ2v) is 5.59. The molecule has 0 bridgehead atoms. The van der Waals surface area contributed by atoms with Crippen molar-refractivity contribution < 1.29 is 19.4 Å². The lowest BCUT2D eigenvalue weighted by molar-refractivity contribution is -0.140. The number of ether oxygens (including phenoxy) is 2. The van der Waals surface area contributed by atoms with Crippen molar-refractivity contribution in [1.82, 2.24) is 0 Å². The molecule has 7 nitrogen and oxygen atoms in total. The molecular weight excluding hydrogens is 286 g/mol. The number of aryl methyl sites for hydroxylation is 1. The van der Waals surface area contributed by atoms with Crippen molar-refractivity contribution in [3.63, 3.8) is 0 Å². The third kappa shape index (κ3) is 2.38. The minimum atomic E-state index is -0.738. The number of nitrogens with zero attached hydrogens (tertiary/aromatic N) is 3. The third-order valence-corrected chi connectivity index (χ3v) is 4.42. The van der Waals surface area contributed by atoms with Gasteiger partial charge in [0.15, 0.2) is 0 Å². The van der Waals surface area contributed by atoms with Crippen LogP contribution in [0, 0.1) is 0 Å². The molecule has 1 aliphatic heterocycles. The summed E-state index contributed by atoms with van der Waals surface area (Å²) in [4.78, 5) is 14.1. The maximum atomic E-state index is 11.3. The Morgan fingerprint density at radius 1 is 1.59 bits per heavy atom. The smallest absolute Gasteiger partial charge is 0.305 e.